The van der Waals surface area contributed by atoms with Gasteiger partial charge < -0.3 is 24.6 Å². The van der Waals surface area contributed by atoms with Crippen LogP contribution in [0.3, 0.4) is 0 Å². The second-order valence-electron chi connectivity index (χ2n) is 6.69. The van der Waals surface area contributed by atoms with E-state index >= 15 is 0 Å². The Labute approximate surface area is 166 Å². The Morgan fingerprint density at radius 3 is 2.38 bits per heavy atom. The lowest BCUT2D eigenvalue weighted by molar-refractivity contribution is -0.138. The molecule has 0 bridgehead atoms. The number of ether oxygens (including phenoxy) is 2. The minimum absolute atomic E-state index is 0.0419. The molecular formula is C19H21F2N3O5. The molecule has 1 aromatic rings. The fraction of sp³-hybridized carbons (Fsp3) is 0.421. The van der Waals surface area contributed by atoms with Crippen LogP contribution >= 0.6 is 0 Å². The van der Waals surface area contributed by atoms with Gasteiger partial charge in [0.15, 0.2) is 0 Å². The number of piperazine rings is 1. The Bertz CT molecular complexity index is 842. The molecule has 8 nitrogen and oxygen atoms in total. The van der Waals surface area contributed by atoms with Crippen LogP contribution in [0.2, 0.25) is 0 Å². The van der Waals surface area contributed by atoms with Gasteiger partial charge in [0.1, 0.15) is 23.4 Å². The number of hydrogen-bond donors (Lipinski definition) is 1. The van der Waals surface area contributed by atoms with Gasteiger partial charge in [-0.25, -0.2) is 18.4 Å². The molecule has 1 atom stereocenters. The quantitative estimate of drug-likeness (QED) is 0.755. The van der Waals surface area contributed by atoms with Crippen LogP contribution in [0.5, 0.6) is 0 Å². The maximum Gasteiger partial charge on any atom is 0.409 e. The second-order valence-corrected chi connectivity index (χ2v) is 6.69. The van der Waals surface area contributed by atoms with Crippen LogP contribution in [-0.2, 0) is 19.1 Å². The van der Waals surface area contributed by atoms with Gasteiger partial charge in [0.05, 0.1) is 19.2 Å². The van der Waals surface area contributed by atoms with Gasteiger partial charge in [-0.3, -0.25) is 4.79 Å². The molecule has 1 saturated heterocycles. The molecule has 0 saturated carbocycles. The van der Waals surface area contributed by atoms with E-state index in [0.717, 1.165) is 12.1 Å². The monoisotopic (exact) mass is 409 g/mol. The van der Waals surface area contributed by atoms with E-state index in [2.05, 4.69) is 10.1 Å². The number of anilines is 1. The summed E-state index contributed by atoms with van der Waals surface area (Å²) in [6, 6.07) is 2.16. The zero-order valence-electron chi connectivity index (χ0n) is 16.0. The number of halogens is 2. The highest BCUT2D eigenvalue weighted by molar-refractivity contribution is 6.18. The Balaban J connectivity index is 1.76. The molecule has 2 aliphatic heterocycles. The number of esters is 1. The summed E-state index contributed by atoms with van der Waals surface area (Å²) < 4.78 is 39.2. The van der Waals surface area contributed by atoms with E-state index in [1.807, 2.05) is 0 Å². The highest BCUT2D eigenvalue weighted by Gasteiger charge is 2.30. The number of methoxy groups -OCH3 is 1. The molecule has 0 aliphatic carbocycles. The predicted molar refractivity (Wildman–Crippen MR) is 99.1 cm³/mol. The van der Waals surface area contributed by atoms with E-state index in [1.165, 1.54) is 29.9 Å². The van der Waals surface area contributed by atoms with Gasteiger partial charge in [0, 0.05) is 33.1 Å². The molecule has 156 valence electrons. The largest absolute Gasteiger partial charge is 0.453 e. The van der Waals surface area contributed by atoms with Crippen LogP contribution in [0, 0.1) is 11.6 Å². The maximum atomic E-state index is 14.7. The van der Waals surface area contributed by atoms with E-state index in [0.29, 0.717) is 0 Å². The van der Waals surface area contributed by atoms with Gasteiger partial charge in [0.25, 0.3) is 0 Å². The van der Waals surface area contributed by atoms with Crippen molar-refractivity contribution in [3.8, 4) is 0 Å². The van der Waals surface area contributed by atoms with E-state index in [1.54, 1.807) is 0 Å². The summed E-state index contributed by atoms with van der Waals surface area (Å²) in [4.78, 5) is 37.5. The first-order valence-electron chi connectivity index (χ1n) is 9.04. The van der Waals surface area contributed by atoms with E-state index in [4.69, 9.17) is 4.74 Å². The number of nitrogens with one attached hydrogen (secondary N) is 1. The number of cyclic esters (lactones) is 1. The number of carbonyl (C=O) groups is 3. The molecule has 0 aromatic heterocycles. The van der Waals surface area contributed by atoms with Crippen LogP contribution in [0.25, 0.3) is 5.57 Å². The molecule has 1 fully saturated rings. The molecular weight excluding hydrogens is 388 g/mol. The molecule has 0 spiro atoms. The number of hydrogen-bond acceptors (Lipinski definition) is 6. The van der Waals surface area contributed by atoms with E-state index in [9.17, 15) is 23.2 Å². The summed E-state index contributed by atoms with van der Waals surface area (Å²) in [6.07, 6.45) is 0.251. The predicted octanol–water partition coefficient (Wildman–Crippen LogP) is 1.30. The Morgan fingerprint density at radius 1 is 1.21 bits per heavy atom. The lowest BCUT2D eigenvalue weighted by Gasteiger charge is -2.35. The van der Waals surface area contributed by atoms with Gasteiger partial charge in [-0.1, -0.05) is 0 Å². The summed E-state index contributed by atoms with van der Waals surface area (Å²) in [5.41, 5.74) is -0.104. The third-order valence-corrected chi connectivity index (χ3v) is 4.74. The van der Waals surface area contributed by atoms with Crippen LogP contribution in [-0.4, -0.2) is 68.8 Å². The molecule has 29 heavy (non-hydrogen) atoms. The third kappa shape index (κ3) is 4.47. The fourth-order valence-corrected chi connectivity index (χ4v) is 3.31. The Kier molecular flexibility index (Phi) is 6.00. The molecule has 3 rings (SSSR count). The van der Waals surface area contributed by atoms with Crippen molar-refractivity contribution in [2.24, 2.45) is 0 Å². The van der Waals surface area contributed by atoms with Crippen LogP contribution in [0.15, 0.2) is 18.2 Å². The average molecular weight is 409 g/mol. The van der Waals surface area contributed by atoms with Crippen molar-refractivity contribution in [2.75, 3.05) is 44.7 Å². The second kappa shape index (κ2) is 8.46. The average Bonchev–Trinajstić information content (AvgIpc) is 3.06. The van der Waals surface area contributed by atoms with E-state index < -0.39 is 29.8 Å². The standard InChI is InChI=1S/C19H21F2N3O5/c1-11(25)22-10-13-9-14(18(26)29-13)12-7-15(20)17(16(21)8-12)23-3-5-24(6-4-23)19(27)28-2/h7-9,13H,3-6,10H2,1-2H3,(H,22,25)/t13-/m1/s1. The van der Waals surface area contributed by atoms with Crippen molar-refractivity contribution >= 4 is 29.2 Å². The zero-order valence-corrected chi connectivity index (χ0v) is 16.0. The van der Waals surface area contributed by atoms with Crippen molar-refractivity contribution in [2.45, 2.75) is 13.0 Å². The summed E-state index contributed by atoms with van der Waals surface area (Å²) in [6.45, 7) is 2.44. The van der Waals surface area contributed by atoms with Crippen molar-refractivity contribution in [1.82, 2.24) is 10.2 Å². The van der Waals surface area contributed by atoms with E-state index in [-0.39, 0.29) is 55.5 Å². The third-order valence-electron chi connectivity index (χ3n) is 4.74. The minimum atomic E-state index is -0.814. The van der Waals surface area contributed by atoms with Gasteiger partial charge in [-0.2, -0.15) is 0 Å². The SMILES string of the molecule is COC(=O)N1CCN(c2c(F)cc(C3=C[C@H](CNC(C)=O)OC3=O)cc2F)CC1. The first-order valence-corrected chi connectivity index (χ1v) is 9.04. The summed E-state index contributed by atoms with van der Waals surface area (Å²) >= 11 is 0. The van der Waals surface area contributed by atoms with Crippen LogP contribution in [0.4, 0.5) is 19.3 Å². The van der Waals surface area contributed by atoms with Crippen LogP contribution in [0.1, 0.15) is 12.5 Å². The number of rotatable bonds is 4. The zero-order chi connectivity index (χ0) is 21.1. The molecule has 0 unspecified atom stereocenters. The number of benzene rings is 1. The summed E-state index contributed by atoms with van der Waals surface area (Å²) in [5, 5.41) is 2.52. The number of carbonyl (C=O) groups excluding carboxylic acids is 3. The molecule has 2 amide bonds. The number of nitrogens with zero attached hydrogens (tertiary/aromatic N) is 2. The van der Waals surface area contributed by atoms with Gasteiger partial charge in [0.2, 0.25) is 5.91 Å². The van der Waals surface area contributed by atoms with Crippen molar-refractivity contribution in [1.29, 1.82) is 0 Å². The molecule has 1 aromatic carbocycles. The van der Waals surface area contributed by atoms with Gasteiger partial charge >= 0.3 is 12.1 Å². The van der Waals surface area contributed by atoms with Crippen molar-refractivity contribution in [3.63, 3.8) is 0 Å². The maximum absolute atomic E-state index is 14.7. The summed E-state index contributed by atoms with van der Waals surface area (Å²) in [7, 11) is 1.27. The first kappa shape index (κ1) is 20.6. The van der Waals surface area contributed by atoms with Crippen LogP contribution < -0.4 is 10.2 Å². The molecule has 0 radical (unpaired) electrons. The Morgan fingerprint density at radius 2 is 1.83 bits per heavy atom. The fourth-order valence-electron chi connectivity index (χ4n) is 3.31. The smallest absolute Gasteiger partial charge is 0.409 e. The molecule has 2 aliphatic rings. The molecule has 2 heterocycles. The molecule has 1 N–H and O–H groups in total. The normalized spacial score (nSPS) is 19.0. The lowest BCUT2D eigenvalue weighted by Crippen LogP contribution is -2.49. The highest BCUT2D eigenvalue weighted by Crippen LogP contribution is 2.31. The highest BCUT2D eigenvalue weighted by atomic mass is 19.1. The lowest BCUT2D eigenvalue weighted by atomic mass is 10.0. The van der Waals surface area contributed by atoms with Crippen molar-refractivity contribution in [3.05, 3.63) is 35.4 Å². The topological polar surface area (TPSA) is 88.2 Å². The van der Waals surface area contributed by atoms with Gasteiger partial charge in [-0.05, 0) is 23.8 Å². The molecule has 10 heteroatoms. The first-order chi connectivity index (χ1) is 13.8. The minimum Gasteiger partial charge on any atom is -0.453 e. The van der Waals surface area contributed by atoms with Gasteiger partial charge in [-0.15, -0.1) is 0 Å². The number of amides is 2. The van der Waals surface area contributed by atoms with Crippen molar-refractivity contribution < 1.29 is 32.6 Å². The summed E-state index contributed by atoms with van der Waals surface area (Å²) in [5.74, 6) is -2.62. The Hall–Kier alpha value is -3.17.